The van der Waals surface area contributed by atoms with Crippen molar-refractivity contribution in [3.05, 3.63) is 66.0 Å². The van der Waals surface area contributed by atoms with Crippen LogP contribution in [0.15, 0.2) is 54.9 Å². The predicted octanol–water partition coefficient (Wildman–Crippen LogP) is 2.32. The van der Waals surface area contributed by atoms with Crippen molar-refractivity contribution in [1.29, 1.82) is 0 Å². The summed E-state index contributed by atoms with van der Waals surface area (Å²) in [6.07, 6.45) is 5.39. The number of benzene rings is 1. The number of aromatic nitrogens is 1. The highest BCUT2D eigenvalue weighted by Gasteiger charge is 2.34. The van der Waals surface area contributed by atoms with Gasteiger partial charge in [-0.25, -0.2) is 0 Å². The Hall–Kier alpha value is -1.76. The molecule has 1 atom stereocenters. The fourth-order valence-electron chi connectivity index (χ4n) is 3.14. The first kappa shape index (κ1) is 17.1. The first-order valence-electron chi connectivity index (χ1n) is 8.20. The van der Waals surface area contributed by atoms with Crippen LogP contribution in [0.1, 0.15) is 17.5 Å². The van der Waals surface area contributed by atoms with Crippen molar-refractivity contribution in [2.75, 3.05) is 20.1 Å². The van der Waals surface area contributed by atoms with Crippen molar-refractivity contribution in [3.63, 3.8) is 0 Å². The van der Waals surface area contributed by atoms with Crippen LogP contribution in [-0.4, -0.2) is 42.1 Å². The Labute approximate surface area is 144 Å². The molecule has 0 radical (unpaired) electrons. The smallest absolute Gasteiger partial charge is 0.264 e. The normalized spacial score (nSPS) is 19.0. The highest BCUT2D eigenvalue weighted by atomic mass is 32.2. The Morgan fingerprint density at radius 2 is 1.92 bits per heavy atom. The summed E-state index contributed by atoms with van der Waals surface area (Å²) in [4.78, 5) is 4.13. The van der Waals surface area contributed by atoms with E-state index in [1.54, 1.807) is 17.5 Å². The topological polar surface area (TPSA) is 53.5 Å². The third-order valence-electron chi connectivity index (χ3n) is 4.46. The molecule has 0 saturated carbocycles. The van der Waals surface area contributed by atoms with E-state index in [1.807, 2.05) is 48.7 Å². The molecule has 1 fully saturated rings. The van der Waals surface area contributed by atoms with Crippen LogP contribution in [0.3, 0.4) is 0 Å². The molecule has 1 aliphatic heterocycles. The zero-order chi connectivity index (χ0) is 17.0. The molecular weight excluding hydrogens is 322 g/mol. The zero-order valence-electron chi connectivity index (χ0n) is 13.9. The molecule has 6 heteroatoms. The molecule has 1 unspecified atom stereocenters. The van der Waals surface area contributed by atoms with Crippen molar-refractivity contribution >= 4 is 10.2 Å². The summed E-state index contributed by atoms with van der Waals surface area (Å²) in [5.74, 6) is 0.356. The molecule has 0 bridgehead atoms. The summed E-state index contributed by atoms with van der Waals surface area (Å²) in [7, 11) is -1.76. The Morgan fingerprint density at radius 1 is 1.17 bits per heavy atom. The fraction of sp³-hybridized carbons (Fsp3) is 0.389. The van der Waals surface area contributed by atoms with E-state index in [0.717, 1.165) is 18.4 Å². The lowest BCUT2D eigenvalue weighted by molar-refractivity contribution is 0.383. The van der Waals surface area contributed by atoms with E-state index in [2.05, 4.69) is 4.98 Å². The van der Waals surface area contributed by atoms with Gasteiger partial charge in [-0.15, -0.1) is 0 Å². The number of nitrogens with zero attached hydrogens (tertiary/aromatic N) is 3. The summed E-state index contributed by atoms with van der Waals surface area (Å²) < 4.78 is 28.6. The van der Waals surface area contributed by atoms with E-state index in [1.165, 1.54) is 9.87 Å². The molecule has 2 aromatic rings. The van der Waals surface area contributed by atoms with Crippen LogP contribution in [0.2, 0.25) is 0 Å². The van der Waals surface area contributed by atoms with Crippen LogP contribution < -0.4 is 0 Å². The summed E-state index contributed by atoms with van der Waals surface area (Å²) in [6.45, 7) is 1.57. The minimum absolute atomic E-state index is 0.356. The number of pyridine rings is 1. The number of hydrogen-bond acceptors (Lipinski definition) is 3. The van der Waals surface area contributed by atoms with Crippen LogP contribution in [0.5, 0.6) is 0 Å². The van der Waals surface area contributed by atoms with Crippen molar-refractivity contribution in [2.45, 2.75) is 19.4 Å². The summed E-state index contributed by atoms with van der Waals surface area (Å²) in [6, 6.07) is 13.6. The van der Waals surface area contributed by atoms with E-state index < -0.39 is 10.2 Å². The quantitative estimate of drug-likeness (QED) is 0.807. The van der Waals surface area contributed by atoms with Gasteiger partial charge in [0.05, 0.1) is 0 Å². The minimum Gasteiger partial charge on any atom is -0.264 e. The molecule has 5 nitrogen and oxygen atoms in total. The van der Waals surface area contributed by atoms with Gasteiger partial charge in [0.2, 0.25) is 0 Å². The molecule has 1 aromatic carbocycles. The molecule has 0 spiro atoms. The van der Waals surface area contributed by atoms with Crippen molar-refractivity contribution in [3.8, 4) is 0 Å². The SMILES string of the molecule is CN(Cc1ccccc1)S(=O)(=O)N1CCC(Cc2cccnc2)C1. The van der Waals surface area contributed by atoms with Crippen molar-refractivity contribution in [1.82, 2.24) is 13.6 Å². The molecule has 1 aliphatic rings. The molecule has 24 heavy (non-hydrogen) atoms. The number of rotatable bonds is 6. The summed E-state index contributed by atoms with van der Waals surface area (Å²) in [5, 5.41) is 0. The molecule has 1 saturated heterocycles. The molecule has 1 aromatic heterocycles. The highest BCUT2D eigenvalue weighted by molar-refractivity contribution is 7.86. The van der Waals surface area contributed by atoms with Gasteiger partial charge in [-0.3, -0.25) is 4.98 Å². The Kier molecular flexibility index (Phi) is 5.28. The van der Waals surface area contributed by atoms with Crippen molar-refractivity contribution < 1.29 is 8.42 Å². The second-order valence-electron chi connectivity index (χ2n) is 6.33. The summed E-state index contributed by atoms with van der Waals surface area (Å²) in [5.41, 5.74) is 2.16. The average molecular weight is 345 g/mol. The molecule has 128 valence electrons. The van der Waals surface area contributed by atoms with Gasteiger partial charge in [0.15, 0.2) is 0 Å². The van der Waals surface area contributed by atoms with E-state index in [0.29, 0.717) is 25.6 Å². The highest BCUT2D eigenvalue weighted by Crippen LogP contribution is 2.24. The van der Waals surface area contributed by atoms with E-state index in [4.69, 9.17) is 0 Å². The first-order valence-corrected chi connectivity index (χ1v) is 9.59. The second kappa shape index (κ2) is 7.42. The monoisotopic (exact) mass is 345 g/mol. The van der Waals surface area contributed by atoms with Gasteiger partial charge >= 0.3 is 0 Å². The lowest BCUT2D eigenvalue weighted by Crippen LogP contribution is -2.40. The molecular formula is C18H23N3O2S. The van der Waals surface area contributed by atoms with Crippen LogP contribution in [0.25, 0.3) is 0 Å². The molecule has 3 rings (SSSR count). The van der Waals surface area contributed by atoms with E-state index >= 15 is 0 Å². The summed E-state index contributed by atoms with van der Waals surface area (Å²) >= 11 is 0. The Balaban J connectivity index is 1.61. The lowest BCUT2D eigenvalue weighted by atomic mass is 10.0. The maximum absolute atomic E-state index is 12.8. The van der Waals surface area contributed by atoms with Gasteiger partial charge in [0, 0.05) is 39.1 Å². The lowest BCUT2D eigenvalue weighted by Gasteiger charge is -2.24. The Morgan fingerprint density at radius 3 is 2.62 bits per heavy atom. The van der Waals surface area contributed by atoms with Crippen LogP contribution in [-0.2, 0) is 23.2 Å². The van der Waals surface area contributed by atoms with Crippen LogP contribution in [0, 0.1) is 5.92 Å². The maximum atomic E-state index is 12.8. The average Bonchev–Trinajstić information content (AvgIpc) is 3.06. The third kappa shape index (κ3) is 4.01. The molecule has 0 N–H and O–H groups in total. The van der Waals surface area contributed by atoms with E-state index in [9.17, 15) is 8.42 Å². The predicted molar refractivity (Wildman–Crippen MR) is 94.4 cm³/mol. The van der Waals surface area contributed by atoms with Gasteiger partial charge in [-0.1, -0.05) is 36.4 Å². The minimum atomic E-state index is -3.41. The van der Waals surface area contributed by atoms with Gasteiger partial charge in [0.25, 0.3) is 10.2 Å². The number of hydrogen-bond donors (Lipinski definition) is 0. The maximum Gasteiger partial charge on any atom is 0.282 e. The fourth-order valence-corrected chi connectivity index (χ4v) is 4.59. The zero-order valence-corrected chi connectivity index (χ0v) is 14.7. The standard InChI is InChI=1S/C18H23N3O2S/c1-20(14-16-6-3-2-4-7-16)24(22,23)21-11-9-18(15-21)12-17-8-5-10-19-13-17/h2-8,10,13,18H,9,11-12,14-15H2,1H3. The van der Waals surface area contributed by atoms with Crippen LogP contribution in [0.4, 0.5) is 0 Å². The molecule has 0 amide bonds. The van der Waals surface area contributed by atoms with Gasteiger partial charge in [-0.2, -0.15) is 17.0 Å². The van der Waals surface area contributed by atoms with Gasteiger partial charge < -0.3 is 0 Å². The Bertz CT molecular complexity index is 750. The van der Waals surface area contributed by atoms with Gasteiger partial charge in [0.1, 0.15) is 0 Å². The van der Waals surface area contributed by atoms with Crippen LogP contribution >= 0.6 is 0 Å². The third-order valence-corrected chi connectivity index (χ3v) is 6.37. The van der Waals surface area contributed by atoms with E-state index in [-0.39, 0.29) is 0 Å². The van der Waals surface area contributed by atoms with Gasteiger partial charge in [-0.05, 0) is 36.0 Å². The largest absolute Gasteiger partial charge is 0.282 e. The first-order chi connectivity index (χ1) is 11.6. The molecule has 2 heterocycles. The molecule has 0 aliphatic carbocycles. The second-order valence-corrected chi connectivity index (χ2v) is 8.36. The van der Waals surface area contributed by atoms with Crippen molar-refractivity contribution in [2.24, 2.45) is 5.92 Å².